The number of carbonyl (C=O) groups excluding carboxylic acids is 2. The predicted octanol–water partition coefficient (Wildman–Crippen LogP) is 10.8. The van der Waals surface area contributed by atoms with E-state index in [0.29, 0.717) is 12.8 Å². The van der Waals surface area contributed by atoms with E-state index in [-0.39, 0.29) is 115 Å². The van der Waals surface area contributed by atoms with Crippen molar-refractivity contribution < 1.29 is 14.3 Å². The van der Waals surface area contributed by atoms with E-state index in [1.54, 1.807) is 0 Å². The number of hydrogen-bond donors (Lipinski definition) is 0. The van der Waals surface area contributed by atoms with E-state index in [9.17, 15) is 9.59 Å². The summed E-state index contributed by atoms with van der Waals surface area (Å²) in [6.07, 6.45) is 42.2. The number of carbonyl (C=O) groups is 2. The summed E-state index contributed by atoms with van der Waals surface area (Å²) in [5.74, 6) is -0.684. The molecule has 0 heterocycles. The second kappa shape index (κ2) is 41.9. The molecule has 41 heavy (non-hydrogen) atoms. The SMILES string of the molecule is CCCCCCCC/C=C\CCCCCCCC(=O)OC(=O)CCCCCCC/C=C\CCCCCCCC.[KH].[KH]. The van der Waals surface area contributed by atoms with Gasteiger partial charge >= 0.3 is 115 Å². The van der Waals surface area contributed by atoms with E-state index in [0.717, 1.165) is 38.5 Å². The molecule has 0 aliphatic carbocycles. The molecule has 232 valence electrons. The molecule has 0 aromatic rings. The first-order valence-corrected chi connectivity index (χ1v) is 17.2. The molecule has 0 spiro atoms. The Bertz CT molecular complexity index is 539. The molecule has 0 amide bonds. The van der Waals surface area contributed by atoms with Gasteiger partial charge in [-0.25, -0.2) is 0 Å². The quantitative estimate of drug-likeness (QED) is 0.0262. The number of allylic oxidation sites excluding steroid dienone is 4. The van der Waals surface area contributed by atoms with Crippen LogP contribution in [0.15, 0.2) is 24.3 Å². The summed E-state index contributed by atoms with van der Waals surface area (Å²) < 4.78 is 4.99. The summed E-state index contributed by atoms with van der Waals surface area (Å²) >= 11 is 0. The predicted molar refractivity (Wildman–Crippen MR) is 184 cm³/mol. The van der Waals surface area contributed by atoms with Crippen molar-refractivity contribution in [2.24, 2.45) is 0 Å². The van der Waals surface area contributed by atoms with E-state index in [1.807, 2.05) is 0 Å². The molecule has 0 unspecified atom stereocenters. The maximum absolute atomic E-state index is 11.9. The first-order chi connectivity index (χ1) is 19.2. The summed E-state index contributed by atoms with van der Waals surface area (Å²) in [6.45, 7) is 4.53. The van der Waals surface area contributed by atoms with Gasteiger partial charge in [-0.15, -0.1) is 0 Å². The Balaban J connectivity index is -0.00000722. The van der Waals surface area contributed by atoms with Crippen molar-refractivity contribution in [3.05, 3.63) is 24.3 Å². The molecular weight excluding hydrogens is 559 g/mol. The summed E-state index contributed by atoms with van der Waals surface area (Å²) in [5, 5.41) is 0. The van der Waals surface area contributed by atoms with Gasteiger partial charge in [-0.05, 0) is 64.2 Å². The molecule has 0 radical (unpaired) electrons. The second-order valence-corrected chi connectivity index (χ2v) is 11.5. The van der Waals surface area contributed by atoms with Crippen LogP contribution in [0, 0.1) is 0 Å². The third kappa shape index (κ3) is 41.9. The van der Waals surface area contributed by atoms with Crippen LogP contribution in [0.4, 0.5) is 0 Å². The van der Waals surface area contributed by atoms with Gasteiger partial charge in [0.2, 0.25) is 0 Å². The average molecular weight is 627 g/mol. The molecule has 5 heteroatoms. The van der Waals surface area contributed by atoms with E-state index >= 15 is 0 Å². The molecule has 0 aromatic heterocycles. The van der Waals surface area contributed by atoms with Crippen LogP contribution >= 0.6 is 0 Å². The zero-order valence-electron chi connectivity index (χ0n) is 26.3. The molecule has 0 bridgehead atoms. The van der Waals surface area contributed by atoms with Crippen LogP contribution < -0.4 is 0 Å². The Morgan fingerprint density at radius 1 is 0.390 bits per heavy atom. The van der Waals surface area contributed by atoms with Gasteiger partial charge in [-0.2, -0.15) is 0 Å². The second-order valence-electron chi connectivity index (χ2n) is 11.5. The van der Waals surface area contributed by atoms with Crippen LogP contribution in [0.5, 0.6) is 0 Å². The summed E-state index contributed by atoms with van der Waals surface area (Å²) in [7, 11) is 0. The van der Waals surface area contributed by atoms with Crippen LogP contribution in [0.25, 0.3) is 0 Å². The van der Waals surface area contributed by atoms with Gasteiger partial charge < -0.3 is 4.74 Å². The average Bonchev–Trinajstić information content (AvgIpc) is 2.93. The molecule has 0 atom stereocenters. The van der Waals surface area contributed by atoms with Crippen molar-refractivity contribution in [2.45, 2.75) is 194 Å². The van der Waals surface area contributed by atoms with E-state index in [4.69, 9.17) is 4.74 Å². The monoisotopic (exact) mass is 626 g/mol. The molecule has 3 nitrogen and oxygen atoms in total. The van der Waals surface area contributed by atoms with Gasteiger partial charge in [0.1, 0.15) is 0 Å². The number of ether oxygens (including phenoxy) is 1. The van der Waals surface area contributed by atoms with Crippen molar-refractivity contribution in [1.82, 2.24) is 0 Å². The van der Waals surface area contributed by atoms with Crippen LogP contribution in [0.2, 0.25) is 0 Å². The van der Waals surface area contributed by atoms with Gasteiger partial charge in [-0.3, -0.25) is 9.59 Å². The van der Waals surface area contributed by atoms with Crippen molar-refractivity contribution in [2.75, 3.05) is 0 Å². The van der Waals surface area contributed by atoms with Crippen LogP contribution in [-0.4, -0.2) is 115 Å². The fourth-order valence-corrected chi connectivity index (χ4v) is 4.91. The first-order valence-electron chi connectivity index (χ1n) is 17.2. The van der Waals surface area contributed by atoms with Gasteiger partial charge in [0.05, 0.1) is 0 Å². The van der Waals surface area contributed by atoms with Crippen LogP contribution in [0.3, 0.4) is 0 Å². The third-order valence-corrected chi connectivity index (χ3v) is 7.51. The molecule has 0 fully saturated rings. The molecule has 0 saturated heterocycles. The van der Waals surface area contributed by atoms with Crippen molar-refractivity contribution in [3.8, 4) is 0 Å². The summed E-state index contributed by atoms with van der Waals surface area (Å²) in [5.41, 5.74) is 0. The molecule has 0 aliphatic heterocycles. The molecule has 0 rings (SSSR count). The number of hydrogen-bond acceptors (Lipinski definition) is 3. The molecule has 0 N–H and O–H groups in total. The van der Waals surface area contributed by atoms with E-state index in [1.165, 1.54) is 128 Å². The van der Waals surface area contributed by atoms with Gasteiger partial charge in [-0.1, -0.05) is 141 Å². The van der Waals surface area contributed by atoms with Crippen molar-refractivity contribution in [3.63, 3.8) is 0 Å². The summed E-state index contributed by atoms with van der Waals surface area (Å²) in [6, 6.07) is 0. The van der Waals surface area contributed by atoms with Gasteiger partial charge in [0.15, 0.2) is 0 Å². The molecule has 0 saturated carbocycles. The zero-order chi connectivity index (χ0) is 28.5. The summed E-state index contributed by atoms with van der Waals surface area (Å²) in [4.78, 5) is 23.8. The Hall–Kier alpha value is 1.89. The molecule has 0 aromatic carbocycles. The standard InChI is InChI=1S/C36H66O3.2K.2H/c1-3-5-7-9-11-13-15-17-19-21-23-25-27-29-31-33-35(37)39-36(38)34-32-30-28-26-24-22-20-18-16-14-12-10-8-6-4-2;;;;/h17-20H,3-16,21-34H2,1-2H3;;;;/b19-17-,20-18-;;;;. The third-order valence-electron chi connectivity index (χ3n) is 7.51. The van der Waals surface area contributed by atoms with Gasteiger partial charge in [0.25, 0.3) is 0 Å². The molecule has 0 aliphatic rings. The number of unbranched alkanes of at least 4 members (excludes halogenated alkanes) is 22. The Labute approximate surface area is 341 Å². The van der Waals surface area contributed by atoms with Crippen molar-refractivity contribution in [1.29, 1.82) is 0 Å². The van der Waals surface area contributed by atoms with Crippen LogP contribution in [0.1, 0.15) is 194 Å². The Morgan fingerprint density at radius 2 is 0.634 bits per heavy atom. The van der Waals surface area contributed by atoms with E-state index < -0.39 is 0 Å². The number of rotatable bonds is 30. The van der Waals surface area contributed by atoms with Gasteiger partial charge in [0, 0.05) is 12.8 Å². The number of esters is 2. The fraction of sp³-hybridized carbons (Fsp3) is 0.833. The van der Waals surface area contributed by atoms with Crippen molar-refractivity contribution >= 4 is 115 Å². The minimum atomic E-state index is -0.342. The Kier molecular flexibility index (Phi) is 48.3. The normalized spacial score (nSPS) is 11.1. The minimum absolute atomic E-state index is 0. The zero-order valence-corrected chi connectivity index (χ0v) is 26.3. The van der Waals surface area contributed by atoms with Crippen LogP contribution in [-0.2, 0) is 14.3 Å². The first kappa shape index (κ1) is 47.3. The van der Waals surface area contributed by atoms with E-state index in [2.05, 4.69) is 38.2 Å². The molecular formula is C36H68K2O3. The Morgan fingerprint density at radius 3 is 0.927 bits per heavy atom. The maximum atomic E-state index is 11.9. The fourth-order valence-electron chi connectivity index (χ4n) is 4.91. The topological polar surface area (TPSA) is 43.4 Å².